The minimum absolute atomic E-state index is 0.0612. The number of amides is 3. The van der Waals surface area contributed by atoms with Gasteiger partial charge >= 0.3 is 12.6 Å². The molecule has 28 heavy (non-hydrogen) atoms. The van der Waals surface area contributed by atoms with Crippen molar-refractivity contribution in [3.05, 3.63) is 54.1 Å². The van der Waals surface area contributed by atoms with E-state index in [9.17, 15) is 18.4 Å². The number of rotatable bonds is 7. The van der Waals surface area contributed by atoms with Crippen molar-refractivity contribution >= 4 is 23.3 Å². The van der Waals surface area contributed by atoms with Gasteiger partial charge in [0.1, 0.15) is 5.75 Å². The predicted octanol–water partition coefficient (Wildman–Crippen LogP) is 4.55. The second-order valence-corrected chi connectivity index (χ2v) is 6.53. The van der Waals surface area contributed by atoms with E-state index in [1.54, 1.807) is 57.3 Å². The van der Waals surface area contributed by atoms with Crippen molar-refractivity contribution < 1.29 is 23.1 Å². The van der Waals surface area contributed by atoms with Gasteiger partial charge in [-0.3, -0.25) is 4.79 Å². The van der Waals surface area contributed by atoms with Crippen LogP contribution in [0.4, 0.5) is 25.0 Å². The SMILES string of the molecule is CC(C)C(=O)Nc1cccc(NC(=O)N(C)Cc2ccc(OC(F)F)cc2)c1. The Balaban J connectivity index is 1.94. The van der Waals surface area contributed by atoms with Gasteiger partial charge in [0.15, 0.2) is 0 Å². The van der Waals surface area contributed by atoms with Gasteiger partial charge in [-0.05, 0) is 35.9 Å². The second-order valence-electron chi connectivity index (χ2n) is 6.53. The monoisotopic (exact) mass is 391 g/mol. The summed E-state index contributed by atoms with van der Waals surface area (Å²) in [7, 11) is 1.61. The van der Waals surface area contributed by atoms with E-state index in [0.29, 0.717) is 11.4 Å². The number of benzene rings is 2. The molecule has 8 heteroatoms. The van der Waals surface area contributed by atoms with Crippen LogP contribution >= 0.6 is 0 Å². The van der Waals surface area contributed by atoms with Crippen molar-refractivity contribution in [3.8, 4) is 5.75 Å². The molecule has 0 saturated carbocycles. The molecule has 0 aliphatic heterocycles. The molecule has 2 N–H and O–H groups in total. The number of ether oxygens (including phenoxy) is 1. The molecule has 2 aromatic rings. The normalized spacial score (nSPS) is 10.7. The van der Waals surface area contributed by atoms with Crippen LogP contribution in [-0.2, 0) is 11.3 Å². The van der Waals surface area contributed by atoms with Gasteiger partial charge in [0.25, 0.3) is 0 Å². The Morgan fingerprint density at radius 1 is 1.04 bits per heavy atom. The van der Waals surface area contributed by atoms with Gasteiger partial charge in [-0.15, -0.1) is 0 Å². The molecular formula is C20H23F2N3O3. The predicted molar refractivity (Wildman–Crippen MR) is 103 cm³/mol. The van der Waals surface area contributed by atoms with Crippen molar-refractivity contribution in [3.63, 3.8) is 0 Å². The maximum Gasteiger partial charge on any atom is 0.387 e. The van der Waals surface area contributed by atoms with Crippen LogP contribution in [0.2, 0.25) is 0 Å². The first-order valence-corrected chi connectivity index (χ1v) is 8.71. The summed E-state index contributed by atoms with van der Waals surface area (Å²) in [5.41, 5.74) is 1.89. The van der Waals surface area contributed by atoms with Crippen LogP contribution in [0.25, 0.3) is 0 Å². The Kier molecular flexibility index (Phi) is 7.31. The van der Waals surface area contributed by atoms with Crippen LogP contribution in [0.5, 0.6) is 5.75 Å². The van der Waals surface area contributed by atoms with E-state index in [4.69, 9.17) is 0 Å². The Morgan fingerprint density at radius 3 is 2.21 bits per heavy atom. The first-order valence-electron chi connectivity index (χ1n) is 8.71. The van der Waals surface area contributed by atoms with Gasteiger partial charge in [0.2, 0.25) is 5.91 Å². The minimum atomic E-state index is -2.87. The number of anilines is 2. The highest BCUT2D eigenvalue weighted by Gasteiger charge is 2.12. The third-order valence-corrected chi connectivity index (χ3v) is 3.82. The van der Waals surface area contributed by atoms with Crippen LogP contribution in [0.15, 0.2) is 48.5 Å². The van der Waals surface area contributed by atoms with Gasteiger partial charge in [-0.1, -0.05) is 32.0 Å². The number of carbonyl (C=O) groups is 2. The number of urea groups is 1. The van der Waals surface area contributed by atoms with Crippen molar-refractivity contribution in [1.82, 2.24) is 4.90 Å². The molecule has 0 heterocycles. The smallest absolute Gasteiger partial charge is 0.387 e. The summed E-state index contributed by atoms with van der Waals surface area (Å²) < 4.78 is 28.6. The van der Waals surface area contributed by atoms with E-state index in [1.165, 1.54) is 17.0 Å². The van der Waals surface area contributed by atoms with Gasteiger partial charge < -0.3 is 20.3 Å². The Morgan fingerprint density at radius 2 is 1.64 bits per heavy atom. The van der Waals surface area contributed by atoms with Gasteiger partial charge in [-0.2, -0.15) is 8.78 Å². The molecule has 0 spiro atoms. The molecule has 0 aromatic heterocycles. The number of hydrogen-bond donors (Lipinski definition) is 2. The van der Waals surface area contributed by atoms with E-state index >= 15 is 0 Å². The van der Waals surface area contributed by atoms with Crippen molar-refractivity contribution in [2.24, 2.45) is 5.92 Å². The van der Waals surface area contributed by atoms with Crippen molar-refractivity contribution in [1.29, 1.82) is 0 Å². The van der Waals surface area contributed by atoms with Crippen LogP contribution < -0.4 is 15.4 Å². The number of halogens is 2. The number of nitrogens with zero attached hydrogens (tertiary/aromatic N) is 1. The third kappa shape index (κ3) is 6.53. The fraction of sp³-hybridized carbons (Fsp3) is 0.300. The summed E-state index contributed by atoms with van der Waals surface area (Å²) in [6, 6.07) is 12.6. The lowest BCUT2D eigenvalue weighted by molar-refractivity contribution is -0.118. The lowest BCUT2D eigenvalue weighted by atomic mass is 10.2. The molecule has 6 nitrogen and oxygen atoms in total. The van der Waals surface area contributed by atoms with E-state index in [1.807, 2.05) is 0 Å². The fourth-order valence-electron chi connectivity index (χ4n) is 2.30. The maximum absolute atomic E-state index is 12.4. The summed E-state index contributed by atoms with van der Waals surface area (Å²) in [4.78, 5) is 25.6. The number of hydrogen-bond acceptors (Lipinski definition) is 3. The summed E-state index contributed by atoms with van der Waals surface area (Å²) >= 11 is 0. The summed E-state index contributed by atoms with van der Waals surface area (Å²) in [6.07, 6.45) is 0. The zero-order valence-electron chi connectivity index (χ0n) is 15.9. The summed E-state index contributed by atoms with van der Waals surface area (Å²) in [5, 5.41) is 5.53. The molecular weight excluding hydrogens is 368 g/mol. The summed E-state index contributed by atoms with van der Waals surface area (Å²) in [5.74, 6) is -0.201. The van der Waals surface area contributed by atoms with Crippen molar-refractivity contribution in [2.45, 2.75) is 27.0 Å². The maximum atomic E-state index is 12.4. The minimum Gasteiger partial charge on any atom is -0.435 e. The highest BCUT2D eigenvalue weighted by Crippen LogP contribution is 2.18. The molecule has 0 fully saturated rings. The Labute approximate surface area is 162 Å². The average Bonchev–Trinajstić information content (AvgIpc) is 2.63. The fourth-order valence-corrected chi connectivity index (χ4v) is 2.30. The molecule has 0 unspecified atom stereocenters. The molecule has 0 aliphatic carbocycles. The molecule has 2 rings (SSSR count). The zero-order chi connectivity index (χ0) is 20.7. The van der Waals surface area contributed by atoms with Gasteiger partial charge in [0.05, 0.1) is 0 Å². The average molecular weight is 391 g/mol. The first kappa shape index (κ1) is 21.1. The lowest BCUT2D eigenvalue weighted by Crippen LogP contribution is -2.30. The first-order chi connectivity index (χ1) is 13.2. The van der Waals surface area contributed by atoms with E-state index in [-0.39, 0.29) is 30.2 Å². The van der Waals surface area contributed by atoms with Crippen LogP contribution in [0.1, 0.15) is 19.4 Å². The second kappa shape index (κ2) is 9.68. The molecule has 0 radical (unpaired) electrons. The molecule has 0 saturated heterocycles. The molecule has 3 amide bonds. The van der Waals surface area contributed by atoms with E-state index < -0.39 is 6.61 Å². The molecule has 0 atom stereocenters. The largest absolute Gasteiger partial charge is 0.435 e. The lowest BCUT2D eigenvalue weighted by Gasteiger charge is -2.19. The Hall–Kier alpha value is -3.16. The number of alkyl halides is 2. The zero-order valence-corrected chi connectivity index (χ0v) is 15.9. The Bertz CT molecular complexity index is 811. The van der Waals surface area contributed by atoms with Crippen molar-refractivity contribution in [2.75, 3.05) is 17.7 Å². The van der Waals surface area contributed by atoms with E-state index in [2.05, 4.69) is 15.4 Å². The standard InChI is InChI=1S/C20H23F2N3O3/c1-13(2)18(26)23-15-5-4-6-16(11-15)24-20(27)25(3)12-14-7-9-17(10-8-14)28-19(21)22/h4-11,13,19H,12H2,1-3H3,(H,23,26)(H,24,27). The van der Waals surface area contributed by atoms with Gasteiger partial charge in [-0.25, -0.2) is 4.79 Å². The topological polar surface area (TPSA) is 70.7 Å². The third-order valence-electron chi connectivity index (χ3n) is 3.82. The van der Waals surface area contributed by atoms with Gasteiger partial charge in [0, 0.05) is 30.9 Å². The number of nitrogens with one attached hydrogen (secondary N) is 2. The quantitative estimate of drug-likeness (QED) is 0.728. The molecule has 0 aliphatic rings. The van der Waals surface area contributed by atoms with Crippen LogP contribution in [-0.4, -0.2) is 30.5 Å². The number of carbonyl (C=O) groups excluding carboxylic acids is 2. The van der Waals surface area contributed by atoms with Crippen LogP contribution in [0.3, 0.4) is 0 Å². The molecule has 150 valence electrons. The summed E-state index contributed by atoms with van der Waals surface area (Å²) in [6.45, 7) is 0.995. The molecule has 2 aromatic carbocycles. The highest BCUT2D eigenvalue weighted by molar-refractivity contribution is 5.94. The molecule has 0 bridgehead atoms. The highest BCUT2D eigenvalue weighted by atomic mass is 19.3. The van der Waals surface area contributed by atoms with Crippen LogP contribution in [0, 0.1) is 5.92 Å². The van der Waals surface area contributed by atoms with E-state index in [0.717, 1.165) is 5.56 Å².